The Morgan fingerprint density at radius 1 is 1.21 bits per heavy atom. The number of benzene rings is 2. The third-order valence-corrected chi connectivity index (χ3v) is 4.82. The molecule has 0 fully saturated rings. The molecule has 0 radical (unpaired) electrons. The van der Waals surface area contributed by atoms with E-state index in [1.165, 1.54) is 18.2 Å². The number of fused-ring (bicyclic) bond motifs is 2. The Morgan fingerprint density at radius 3 is 2.58 bits per heavy atom. The van der Waals surface area contributed by atoms with Gasteiger partial charge in [0.05, 0.1) is 16.3 Å². The van der Waals surface area contributed by atoms with Crippen LogP contribution in [0.3, 0.4) is 0 Å². The van der Waals surface area contributed by atoms with Crippen LogP contribution in [0.1, 0.15) is 29.3 Å². The van der Waals surface area contributed by atoms with Crippen LogP contribution < -0.4 is 5.43 Å². The minimum atomic E-state index is -1.23. The summed E-state index contributed by atoms with van der Waals surface area (Å²) in [5.41, 5.74) is 1.38. The molecule has 0 spiro atoms. The number of rotatable bonds is 4. The average Bonchev–Trinajstić information content (AvgIpc) is 2.55. The summed E-state index contributed by atoms with van der Waals surface area (Å²) >= 11 is 0. The van der Waals surface area contributed by atoms with E-state index in [1.807, 2.05) is 13.0 Å². The lowest BCUT2D eigenvalue weighted by molar-refractivity contribution is 0.0697. The Kier molecular flexibility index (Phi) is 4.24. The first-order valence-electron chi connectivity index (χ1n) is 7.52. The van der Waals surface area contributed by atoms with E-state index >= 15 is 0 Å². The average molecular weight is 344 g/mol. The second-order valence-electron chi connectivity index (χ2n) is 5.61. The Labute approximate surface area is 140 Å². The number of carbonyl (C=O) groups is 1. The zero-order chi connectivity index (χ0) is 17.4. The van der Waals surface area contributed by atoms with Crippen LogP contribution in [0.25, 0.3) is 21.9 Å². The van der Waals surface area contributed by atoms with Gasteiger partial charge in [-0.1, -0.05) is 13.3 Å². The topological polar surface area (TPSA) is 84.6 Å². The summed E-state index contributed by atoms with van der Waals surface area (Å²) < 4.78 is 17.8. The smallest absolute Gasteiger partial charge is 0.335 e. The molecule has 0 saturated carbocycles. The van der Waals surface area contributed by atoms with Crippen molar-refractivity contribution in [2.75, 3.05) is 6.26 Å². The van der Waals surface area contributed by atoms with Crippen molar-refractivity contribution in [3.05, 3.63) is 51.7 Å². The molecule has 3 aromatic rings. The molecule has 0 aliphatic heterocycles. The van der Waals surface area contributed by atoms with Crippen molar-refractivity contribution in [3.8, 4) is 0 Å². The molecule has 5 nitrogen and oxygen atoms in total. The molecular weight excluding hydrogens is 328 g/mol. The maximum absolute atomic E-state index is 12.8. The highest BCUT2D eigenvalue weighted by molar-refractivity contribution is 7.84. The standard InChI is InChI=1S/C18H16O5S/c1-3-4-10-7-12(24(2)22)9-14-16(19)13-8-11(18(20)21)5-6-15(13)23-17(10)14/h5-9H,3-4H2,1-2H3,(H,20,21). The lowest BCUT2D eigenvalue weighted by atomic mass is 10.0. The largest absolute Gasteiger partial charge is 0.478 e. The van der Waals surface area contributed by atoms with Crippen molar-refractivity contribution in [2.24, 2.45) is 0 Å². The van der Waals surface area contributed by atoms with Crippen molar-refractivity contribution >= 4 is 38.7 Å². The van der Waals surface area contributed by atoms with Crippen LogP contribution in [-0.2, 0) is 17.2 Å². The van der Waals surface area contributed by atoms with E-state index in [1.54, 1.807) is 12.3 Å². The van der Waals surface area contributed by atoms with E-state index in [9.17, 15) is 13.8 Å². The maximum Gasteiger partial charge on any atom is 0.335 e. The van der Waals surface area contributed by atoms with Gasteiger partial charge in [0.25, 0.3) is 0 Å². The Bertz CT molecular complexity index is 1050. The predicted molar refractivity (Wildman–Crippen MR) is 93.3 cm³/mol. The fraction of sp³-hybridized carbons (Fsp3) is 0.222. The fourth-order valence-electron chi connectivity index (χ4n) is 2.75. The van der Waals surface area contributed by atoms with E-state index < -0.39 is 16.8 Å². The molecule has 1 N–H and O–H groups in total. The zero-order valence-electron chi connectivity index (χ0n) is 13.3. The van der Waals surface area contributed by atoms with E-state index in [2.05, 4.69) is 0 Å². The third kappa shape index (κ3) is 2.73. The van der Waals surface area contributed by atoms with Crippen LogP contribution in [0.5, 0.6) is 0 Å². The van der Waals surface area contributed by atoms with Gasteiger partial charge in [-0.25, -0.2) is 4.79 Å². The summed E-state index contributed by atoms with van der Waals surface area (Å²) in [7, 11) is -1.23. The number of carboxylic acid groups (broad SMARTS) is 1. The molecule has 6 heteroatoms. The summed E-state index contributed by atoms with van der Waals surface area (Å²) in [6, 6.07) is 7.61. The Hall–Kier alpha value is -2.47. The summed E-state index contributed by atoms with van der Waals surface area (Å²) in [5, 5.41) is 9.65. The monoisotopic (exact) mass is 344 g/mol. The molecule has 1 atom stereocenters. The van der Waals surface area contributed by atoms with Crippen molar-refractivity contribution in [2.45, 2.75) is 24.7 Å². The van der Waals surface area contributed by atoms with E-state index in [4.69, 9.17) is 9.52 Å². The minimum Gasteiger partial charge on any atom is -0.478 e. The molecule has 0 bridgehead atoms. The molecule has 24 heavy (non-hydrogen) atoms. The molecular formula is C18H16O5S. The van der Waals surface area contributed by atoms with Crippen LogP contribution in [0, 0.1) is 0 Å². The van der Waals surface area contributed by atoms with Gasteiger partial charge in [-0.15, -0.1) is 0 Å². The van der Waals surface area contributed by atoms with Crippen molar-refractivity contribution in [1.82, 2.24) is 0 Å². The van der Waals surface area contributed by atoms with Crippen LogP contribution in [0.4, 0.5) is 0 Å². The van der Waals surface area contributed by atoms with Crippen LogP contribution in [0.2, 0.25) is 0 Å². The summed E-state index contributed by atoms with van der Waals surface area (Å²) in [6.07, 6.45) is 3.11. The summed E-state index contributed by atoms with van der Waals surface area (Å²) in [6.45, 7) is 2.01. The van der Waals surface area contributed by atoms with Crippen molar-refractivity contribution < 1.29 is 18.5 Å². The highest BCUT2D eigenvalue weighted by Gasteiger charge is 2.15. The molecule has 1 unspecified atom stereocenters. The molecule has 3 rings (SSSR count). The second kappa shape index (κ2) is 6.20. The van der Waals surface area contributed by atoms with Gasteiger partial charge in [-0.2, -0.15) is 0 Å². The molecule has 0 saturated heterocycles. The molecule has 0 aliphatic carbocycles. The lowest BCUT2D eigenvalue weighted by Crippen LogP contribution is -2.07. The van der Waals surface area contributed by atoms with Gasteiger partial charge in [0.1, 0.15) is 11.2 Å². The van der Waals surface area contributed by atoms with Crippen LogP contribution in [-0.4, -0.2) is 21.5 Å². The van der Waals surface area contributed by atoms with Gasteiger partial charge in [-0.3, -0.25) is 9.00 Å². The van der Waals surface area contributed by atoms with Crippen LogP contribution >= 0.6 is 0 Å². The number of hydrogen-bond acceptors (Lipinski definition) is 4. The maximum atomic E-state index is 12.8. The van der Waals surface area contributed by atoms with Crippen molar-refractivity contribution in [3.63, 3.8) is 0 Å². The Balaban J connectivity index is 2.44. The first-order chi connectivity index (χ1) is 11.4. The predicted octanol–water partition coefficient (Wildman–Crippen LogP) is 3.33. The van der Waals surface area contributed by atoms with Gasteiger partial charge in [0.15, 0.2) is 0 Å². The molecule has 0 amide bonds. The highest BCUT2D eigenvalue weighted by Crippen LogP contribution is 2.26. The van der Waals surface area contributed by atoms with Gasteiger partial charge >= 0.3 is 5.97 Å². The van der Waals surface area contributed by atoms with E-state index in [-0.39, 0.29) is 16.4 Å². The highest BCUT2D eigenvalue weighted by atomic mass is 32.2. The summed E-state index contributed by atoms with van der Waals surface area (Å²) in [5.74, 6) is -1.11. The van der Waals surface area contributed by atoms with Gasteiger partial charge < -0.3 is 9.52 Å². The van der Waals surface area contributed by atoms with Gasteiger partial charge in [-0.05, 0) is 42.3 Å². The quantitative estimate of drug-likeness (QED) is 0.734. The number of aryl methyl sites for hydroxylation is 1. The number of aromatic carboxylic acids is 1. The first-order valence-corrected chi connectivity index (χ1v) is 9.08. The molecule has 124 valence electrons. The number of hydrogen-bond donors (Lipinski definition) is 1. The Morgan fingerprint density at radius 2 is 1.96 bits per heavy atom. The van der Waals surface area contributed by atoms with Crippen molar-refractivity contribution in [1.29, 1.82) is 0 Å². The SMILES string of the molecule is CCCc1cc(S(C)=O)cc2c(=O)c3cc(C(=O)O)ccc3oc12. The van der Waals surface area contributed by atoms with E-state index in [0.717, 1.165) is 12.0 Å². The fourth-order valence-corrected chi connectivity index (χ4v) is 3.35. The van der Waals surface area contributed by atoms with E-state index in [0.29, 0.717) is 27.9 Å². The molecule has 2 aromatic carbocycles. The number of carboxylic acids is 1. The molecule has 1 heterocycles. The normalized spacial score (nSPS) is 12.6. The van der Waals surface area contributed by atoms with Crippen LogP contribution in [0.15, 0.2) is 44.4 Å². The van der Waals surface area contributed by atoms with Gasteiger partial charge in [0, 0.05) is 22.0 Å². The summed E-state index contributed by atoms with van der Waals surface area (Å²) in [4.78, 5) is 24.5. The molecule has 0 aliphatic rings. The third-order valence-electron chi connectivity index (χ3n) is 3.92. The second-order valence-corrected chi connectivity index (χ2v) is 6.99. The lowest BCUT2D eigenvalue weighted by Gasteiger charge is -2.09. The molecule has 1 aromatic heterocycles. The minimum absolute atomic E-state index is 0.0261. The first kappa shape index (κ1) is 16.4. The zero-order valence-corrected chi connectivity index (χ0v) is 14.1. The van der Waals surface area contributed by atoms with Gasteiger partial charge in [0.2, 0.25) is 5.43 Å².